The third kappa shape index (κ3) is 2.60. The Balaban J connectivity index is 2.33. The van der Waals surface area contributed by atoms with Gasteiger partial charge in [-0.15, -0.1) is 0 Å². The summed E-state index contributed by atoms with van der Waals surface area (Å²) in [7, 11) is 0. The zero-order valence-corrected chi connectivity index (χ0v) is 11.9. The van der Waals surface area contributed by atoms with E-state index in [1.54, 1.807) is 6.21 Å². The van der Waals surface area contributed by atoms with Crippen LogP contribution in [0.5, 0.6) is 0 Å². The fraction of sp³-hybridized carbons (Fsp3) is 0.357. The van der Waals surface area contributed by atoms with Crippen LogP contribution in [0.15, 0.2) is 33.1 Å². The molecule has 0 N–H and O–H groups in total. The molecule has 0 aliphatic heterocycles. The van der Waals surface area contributed by atoms with E-state index in [4.69, 9.17) is 4.42 Å². The first-order valence-electron chi connectivity index (χ1n) is 5.84. The van der Waals surface area contributed by atoms with Gasteiger partial charge >= 0.3 is 0 Å². The molecule has 1 aromatic heterocycles. The second-order valence-corrected chi connectivity index (χ2v) is 7.12. The van der Waals surface area contributed by atoms with Gasteiger partial charge in [-0.2, -0.15) is 0 Å². The van der Waals surface area contributed by atoms with Gasteiger partial charge in [0.2, 0.25) is 0 Å². The number of furan rings is 1. The van der Waals surface area contributed by atoms with E-state index < -0.39 is 11.4 Å². The first-order chi connectivity index (χ1) is 8.39. The van der Waals surface area contributed by atoms with Crippen LogP contribution in [0.4, 0.5) is 0 Å². The van der Waals surface area contributed by atoms with Gasteiger partial charge in [0.05, 0.1) is 0 Å². The van der Waals surface area contributed by atoms with Gasteiger partial charge in [0.25, 0.3) is 0 Å². The van der Waals surface area contributed by atoms with Crippen molar-refractivity contribution in [2.24, 2.45) is 4.40 Å². The lowest BCUT2D eigenvalue weighted by atomic mass is 10.1. The van der Waals surface area contributed by atoms with Crippen molar-refractivity contribution in [1.29, 1.82) is 0 Å². The Morgan fingerprint density at radius 1 is 1.28 bits per heavy atom. The second kappa shape index (κ2) is 4.78. The molecule has 4 heteroatoms. The Morgan fingerprint density at radius 2 is 1.94 bits per heavy atom. The normalized spacial score (nSPS) is 14.5. The smallest absolute Gasteiger partial charge is 0.153 e. The molecule has 1 unspecified atom stereocenters. The van der Waals surface area contributed by atoms with Crippen LogP contribution in [0.3, 0.4) is 0 Å². The van der Waals surface area contributed by atoms with Crippen molar-refractivity contribution in [1.82, 2.24) is 0 Å². The number of benzene rings is 1. The van der Waals surface area contributed by atoms with Crippen LogP contribution in [-0.4, -0.2) is 15.5 Å². The molecule has 3 nitrogen and oxygen atoms in total. The number of hydrogen-bond acceptors (Lipinski definition) is 3. The molecular weight excluding hydrogens is 246 g/mol. The molecule has 18 heavy (non-hydrogen) atoms. The van der Waals surface area contributed by atoms with Gasteiger partial charge in [-0.3, -0.25) is 0 Å². The van der Waals surface area contributed by atoms with Gasteiger partial charge < -0.3 is 8.97 Å². The summed E-state index contributed by atoms with van der Waals surface area (Å²) in [6.45, 7) is 7.66. The van der Waals surface area contributed by atoms with Gasteiger partial charge in [0, 0.05) is 10.9 Å². The molecule has 2 aromatic rings. The maximum atomic E-state index is 11.8. The van der Waals surface area contributed by atoms with E-state index in [0.717, 1.165) is 16.5 Å². The Kier molecular flexibility index (Phi) is 3.50. The summed E-state index contributed by atoms with van der Waals surface area (Å²) in [5.74, 6) is 0.675. The molecule has 0 saturated carbocycles. The average molecular weight is 263 g/mol. The van der Waals surface area contributed by atoms with Crippen LogP contribution in [0.25, 0.3) is 11.0 Å². The molecule has 0 aliphatic carbocycles. The largest absolute Gasteiger partial charge is 0.591 e. The topological polar surface area (TPSA) is 48.6 Å². The maximum Gasteiger partial charge on any atom is 0.153 e. The number of fused-ring (bicyclic) bond motifs is 1. The van der Waals surface area contributed by atoms with Crippen molar-refractivity contribution in [3.8, 4) is 0 Å². The summed E-state index contributed by atoms with van der Waals surface area (Å²) < 4.78 is 21.2. The average Bonchev–Trinajstić information content (AvgIpc) is 2.63. The Hall–Kier alpha value is -1.26. The lowest BCUT2D eigenvalue weighted by Gasteiger charge is -2.17. The fourth-order valence-electron chi connectivity index (χ4n) is 1.57. The van der Waals surface area contributed by atoms with Crippen LogP contribution in [0.1, 0.15) is 32.1 Å². The molecule has 0 fully saturated rings. The maximum absolute atomic E-state index is 11.8. The molecule has 0 saturated heterocycles. The molecule has 0 radical (unpaired) electrons. The van der Waals surface area contributed by atoms with E-state index in [1.165, 1.54) is 0 Å². The first-order valence-corrected chi connectivity index (χ1v) is 6.94. The molecule has 0 aliphatic rings. The molecule has 2 rings (SSSR count). The highest BCUT2D eigenvalue weighted by atomic mass is 32.2. The lowest BCUT2D eigenvalue weighted by Crippen LogP contribution is -2.25. The van der Waals surface area contributed by atoms with Gasteiger partial charge in [0.15, 0.2) is 5.76 Å². The lowest BCUT2D eigenvalue weighted by molar-refractivity contribution is 0.561. The van der Waals surface area contributed by atoms with Crippen molar-refractivity contribution in [2.75, 3.05) is 0 Å². The molecule has 0 amide bonds. The van der Waals surface area contributed by atoms with Crippen LogP contribution >= 0.6 is 0 Å². The monoisotopic (exact) mass is 263 g/mol. The van der Waals surface area contributed by atoms with E-state index in [1.807, 2.05) is 52.0 Å². The van der Waals surface area contributed by atoms with Gasteiger partial charge in [-0.1, -0.05) is 22.6 Å². The molecule has 1 atom stereocenters. The summed E-state index contributed by atoms with van der Waals surface area (Å²) in [4.78, 5) is 0. The summed E-state index contributed by atoms with van der Waals surface area (Å²) in [6, 6.07) is 7.82. The standard InChI is InChI=1S/C14H17NO2S/c1-10-11-7-5-6-8-12(11)17-13(10)9-15-18(16)14(2,3)4/h5-9H,1-4H3. The Labute approximate surface area is 110 Å². The van der Waals surface area contributed by atoms with E-state index >= 15 is 0 Å². The third-order valence-corrected chi connectivity index (χ3v) is 4.01. The number of aryl methyl sites for hydroxylation is 1. The van der Waals surface area contributed by atoms with Crippen molar-refractivity contribution >= 4 is 28.5 Å². The molecule has 96 valence electrons. The van der Waals surface area contributed by atoms with Crippen molar-refractivity contribution < 1.29 is 8.97 Å². The van der Waals surface area contributed by atoms with E-state index in [2.05, 4.69) is 4.40 Å². The highest BCUT2D eigenvalue weighted by Crippen LogP contribution is 2.24. The van der Waals surface area contributed by atoms with Crippen molar-refractivity contribution in [3.05, 3.63) is 35.6 Å². The SMILES string of the molecule is Cc1c(C=N[S+]([O-])C(C)(C)C)oc2ccccc12. The number of nitrogens with zero attached hydrogens (tertiary/aromatic N) is 1. The number of hydrogen-bond donors (Lipinski definition) is 0. The number of rotatable bonds is 2. The summed E-state index contributed by atoms with van der Waals surface area (Å²) in [6.07, 6.45) is 1.57. The van der Waals surface area contributed by atoms with E-state index in [-0.39, 0.29) is 4.75 Å². The molecule has 0 bridgehead atoms. The molecule has 1 aromatic carbocycles. The zero-order valence-electron chi connectivity index (χ0n) is 11.1. The minimum Gasteiger partial charge on any atom is -0.591 e. The van der Waals surface area contributed by atoms with Crippen LogP contribution in [-0.2, 0) is 11.4 Å². The Morgan fingerprint density at radius 3 is 2.56 bits per heavy atom. The van der Waals surface area contributed by atoms with Gasteiger partial charge in [-0.25, -0.2) is 0 Å². The minimum absolute atomic E-state index is 0.351. The first kappa shape index (κ1) is 13.2. The third-order valence-electron chi connectivity index (χ3n) is 2.67. The highest BCUT2D eigenvalue weighted by Gasteiger charge is 2.26. The Bertz CT molecular complexity index is 581. The number of para-hydroxylation sites is 1. The zero-order chi connectivity index (χ0) is 13.3. The van der Waals surface area contributed by atoms with Gasteiger partial charge in [-0.05, 0) is 33.8 Å². The van der Waals surface area contributed by atoms with Crippen molar-refractivity contribution in [3.63, 3.8) is 0 Å². The molecule has 1 heterocycles. The molecule has 0 spiro atoms. The second-order valence-electron chi connectivity index (χ2n) is 5.18. The summed E-state index contributed by atoms with van der Waals surface area (Å²) in [5, 5.41) is 1.07. The predicted molar refractivity (Wildman–Crippen MR) is 76.4 cm³/mol. The van der Waals surface area contributed by atoms with Crippen LogP contribution in [0.2, 0.25) is 0 Å². The predicted octanol–water partition coefficient (Wildman–Crippen LogP) is 3.62. The highest BCUT2D eigenvalue weighted by molar-refractivity contribution is 7.91. The van der Waals surface area contributed by atoms with E-state index in [0.29, 0.717) is 5.76 Å². The summed E-state index contributed by atoms with van der Waals surface area (Å²) >= 11 is -1.26. The minimum atomic E-state index is -1.26. The molecular formula is C14H17NO2S. The fourth-order valence-corrected chi connectivity index (χ4v) is 2.08. The van der Waals surface area contributed by atoms with Crippen LogP contribution < -0.4 is 0 Å². The van der Waals surface area contributed by atoms with Crippen molar-refractivity contribution in [2.45, 2.75) is 32.4 Å². The van der Waals surface area contributed by atoms with Gasteiger partial charge in [0.1, 0.15) is 27.9 Å². The van der Waals surface area contributed by atoms with Crippen LogP contribution in [0, 0.1) is 6.92 Å². The quantitative estimate of drug-likeness (QED) is 0.613. The summed E-state index contributed by atoms with van der Waals surface area (Å²) in [5.41, 5.74) is 1.86. The van der Waals surface area contributed by atoms with E-state index in [9.17, 15) is 4.55 Å².